The van der Waals surface area contributed by atoms with Crippen LogP contribution in [0.25, 0.3) is 0 Å². The molecule has 0 spiro atoms. The van der Waals surface area contributed by atoms with Gasteiger partial charge in [-0.25, -0.2) is 14.4 Å². The smallest absolute Gasteiger partial charge is 0.458 e. The third-order valence-corrected chi connectivity index (χ3v) is 5.75. The van der Waals surface area contributed by atoms with E-state index in [1.54, 1.807) is 33.8 Å². The van der Waals surface area contributed by atoms with Crippen molar-refractivity contribution in [3.63, 3.8) is 0 Å². The largest absolute Gasteiger partial charge is 0.514 e. The molecule has 0 aliphatic heterocycles. The lowest BCUT2D eigenvalue weighted by atomic mass is 10.1. The first kappa shape index (κ1) is 34.5. The summed E-state index contributed by atoms with van der Waals surface area (Å²) in [6.45, 7) is 14.0. The molecule has 0 bridgehead atoms. The van der Waals surface area contributed by atoms with E-state index in [-0.39, 0.29) is 31.1 Å². The lowest BCUT2D eigenvalue weighted by Crippen LogP contribution is -2.37. The van der Waals surface area contributed by atoms with Crippen LogP contribution in [0.15, 0.2) is 18.2 Å². The molecule has 1 aromatic carbocycles. The normalized spacial score (nSPS) is 12.9. The number of benzene rings is 1. The third kappa shape index (κ3) is 13.0. The highest BCUT2D eigenvalue weighted by Crippen LogP contribution is 2.31. The summed E-state index contributed by atoms with van der Waals surface area (Å²) in [4.78, 5) is 48.8. The van der Waals surface area contributed by atoms with Crippen molar-refractivity contribution in [3.05, 3.63) is 23.8 Å². The van der Waals surface area contributed by atoms with E-state index in [1.165, 1.54) is 19.1 Å². The van der Waals surface area contributed by atoms with Gasteiger partial charge in [0, 0.05) is 0 Å². The van der Waals surface area contributed by atoms with Crippen LogP contribution in [-0.4, -0.2) is 61.0 Å². The van der Waals surface area contributed by atoms with E-state index in [0.717, 1.165) is 0 Å². The highest BCUT2D eigenvalue weighted by molar-refractivity contribution is 5.76. The number of rotatable bonds is 14. The van der Waals surface area contributed by atoms with Gasteiger partial charge in [0.05, 0.1) is 6.61 Å². The molecule has 0 aliphatic carbocycles. The van der Waals surface area contributed by atoms with Crippen LogP contribution in [0.3, 0.4) is 0 Å². The lowest BCUT2D eigenvalue weighted by Gasteiger charge is -2.24. The molecule has 12 nitrogen and oxygen atoms in total. The van der Waals surface area contributed by atoms with Gasteiger partial charge < -0.3 is 38.9 Å². The number of hydrogen-bond acceptors (Lipinski definition) is 12. The maximum absolute atomic E-state index is 12.5. The fraction of sp³-hybridized carbons (Fsp3) is 0.643. The molecule has 0 amide bonds. The first-order valence-corrected chi connectivity index (χ1v) is 13.3. The van der Waals surface area contributed by atoms with Gasteiger partial charge in [0.1, 0.15) is 30.0 Å². The Labute approximate surface area is 235 Å². The van der Waals surface area contributed by atoms with E-state index < -0.39 is 47.8 Å². The fourth-order valence-electron chi connectivity index (χ4n) is 2.73. The molecule has 0 saturated carbocycles. The van der Waals surface area contributed by atoms with E-state index in [4.69, 9.17) is 38.9 Å². The van der Waals surface area contributed by atoms with E-state index in [2.05, 4.69) is 0 Å². The molecule has 0 fully saturated rings. The van der Waals surface area contributed by atoms with Crippen LogP contribution in [0.5, 0.6) is 11.5 Å². The second-order valence-electron chi connectivity index (χ2n) is 10.4. The summed E-state index contributed by atoms with van der Waals surface area (Å²) in [5.74, 6) is -0.965. The van der Waals surface area contributed by atoms with Crippen molar-refractivity contribution in [2.75, 3.05) is 13.2 Å². The van der Waals surface area contributed by atoms with E-state index in [9.17, 15) is 19.2 Å². The highest BCUT2D eigenvalue weighted by Gasteiger charge is 2.27. The Balaban J connectivity index is 2.97. The van der Waals surface area contributed by atoms with Crippen LogP contribution in [0.2, 0.25) is 0 Å². The fourth-order valence-corrected chi connectivity index (χ4v) is 2.73. The number of esters is 1. The molecule has 12 heteroatoms. The van der Waals surface area contributed by atoms with Crippen LogP contribution in [0.1, 0.15) is 80.2 Å². The molecule has 0 heterocycles. The Hall–Kier alpha value is -3.54. The average Bonchev–Trinajstić information content (AvgIpc) is 2.86. The molecule has 0 radical (unpaired) electrons. The topological polar surface area (TPSA) is 159 Å². The van der Waals surface area contributed by atoms with Crippen molar-refractivity contribution in [2.45, 2.75) is 104 Å². The molecule has 2 atom stereocenters. The van der Waals surface area contributed by atoms with Crippen LogP contribution in [0.4, 0.5) is 14.4 Å². The quantitative estimate of drug-likeness (QED) is 0.171. The Kier molecular flexibility index (Phi) is 13.7. The summed E-state index contributed by atoms with van der Waals surface area (Å²) in [5, 5.41) is 0. The molecule has 226 valence electrons. The summed E-state index contributed by atoms with van der Waals surface area (Å²) in [6.07, 6.45) is -1.90. The lowest BCUT2D eigenvalue weighted by molar-refractivity contribution is -0.152. The number of nitrogens with two attached hydrogens (primary N) is 1. The van der Waals surface area contributed by atoms with Gasteiger partial charge in [-0.2, -0.15) is 0 Å². The predicted octanol–water partition coefficient (Wildman–Crippen LogP) is 5.46. The first-order chi connectivity index (χ1) is 18.6. The van der Waals surface area contributed by atoms with Crippen LogP contribution in [0, 0.1) is 0 Å². The average molecular weight is 570 g/mol. The molecule has 2 N–H and O–H groups in total. The number of carbonyl (C=O) groups excluding carboxylic acids is 4. The summed E-state index contributed by atoms with van der Waals surface area (Å²) < 4.78 is 36.2. The van der Waals surface area contributed by atoms with Gasteiger partial charge in [-0.05, 0) is 78.0 Å². The molecular formula is C28H43NO11. The minimum Gasteiger partial charge on any atom is -0.458 e. The number of hydrogen-bond donors (Lipinski definition) is 1. The second-order valence-corrected chi connectivity index (χ2v) is 10.4. The second kappa shape index (κ2) is 15.9. The third-order valence-electron chi connectivity index (χ3n) is 5.75. The van der Waals surface area contributed by atoms with Crippen molar-refractivity contribution in [1.82, 2.24) is 0 Å². The van der Waals surface area contributed by atoms with Gasteiger partial charge in [-0.1, -0.05) is 26.8 Å². The Bertz CT molecular complexity index is 1010. The number of ether oxygens (including phenoxy) is 7. The van der Waals surface area contributed by atoms with Crippen molar-refractivity contribution in [1.29, 1.82) is 0 Å². The summed E-state index contributed by atoms with van der Waals surface area (Å²) in [7, 11) is 0. The van der Waals surface area contributed by atoms with Crippen LogP contribution < -0.4 is 15.2 Å². The van der Waals surface area contributed by atoms with Gasteiger partial charge in [0.2, 0.25) is 0 Å². The minimum atomic E-state index is -1.10. The molecule has 40 heavy (non-hydrogen) atoms. The monoisotopic (exact) mass is 569 g/mol. The Morgan fingerprint density at radius 3 is 1.90 bits per heavy atom. The van der Waals surface area contributed by atoms with Crippen molar-refractivity contribution >= 4 is 24.4 Å². The van der Waals surface area contributed by atoms with E-state index >= 15 is 0 Å². The van der Waals surface area contributed by atoms with Crippen LogP contribution in [-0.2, 0) is 34.9 Å². The molecule has 1 rings (SSSR count). The van der Waals surface area contributed by atoms with Crippen molar-refractivity contribution in [2.24, 2.45) is 5.73 Å². The Morgan fingerprint density at radius 2 is 1.38 bits per heavy atom. The zero-order valence-electron chi connectivity index (χ0n) is 24.7. The predicted molar refractivity (Wildman–Crippen MR) is 144 cm³/mol. The molecule has 0 aromatic heterocycles. The van der Waals surface area contributed by atoms with E-state index in [1.807, 2.05) is 20.8 Å². The standard InChI is InChI=1S/C28H43NO11/c1-9-14-34-24(31)35-17-18(4)36-23(30)20(29)15-19-12-13-21(37-25(32)39-27(5,6)10-2)22(16-19)38-26(33)40-28(7,8)11-3/h12-13,16,18,20H,9-11,14-15,17,29H2,1-8H3/t18-,20-/m0/s1. The number of carbonyl (C=O) groups is 4. The first-order valence-electron chi connectivity index (χ1n) is 13.3. The Morgan fingerprint density at radius 1 is 0.825 bits per heavy atom. The minimum absolute atomic E-state index is 0.00952. The van der Waals surface area contributed by atoms with Gasteiger partial charge in [-0.3, -0.25) is 4.79 Å². The molecular weight excluding hydrogens is 526 g/mol. The maximum atomic E-state index is 12.5. The molecule has 0 saturated heterocycles. The molecule has 1 aromatic rings. The van der Waals surface area contributed by atoms with E-state index in [0.29, 0.717) is 24.8 Å². The van der Waals surface area contributed by atoms with Gasteiger partial charge in [0.25, 0.3) is 0 Å². The molecule has 0 unspecified atom stereocenters. The summed E-state index contributed by atoms with van der Waals surface area (Å²) >= 11 is 0. The SMILES string of the molecule is CCCOC(=O)OC[C@H](C)OC(=O)[C@@H](N)Cc1ccc(OC(=O)OC(C)(C)CC)c(OC(=O)OC(C)(C)CC)c1. The van der Waals surface area contributed by atoms with Gasteiger partial charge >= 0.3 is 24.4 Å². The van der Waals surface area contributed by atoms with Gasteiger partial charge in [-0.15, -0.1) is 0 Å². The summed E-state index contributed by atoms with van der Waals surface area (Å²) in [5.41, 5.74) is 4.94. The van der Waals surface area contributed by atoms with Crippen LogP contribution >= 0.6 is 0 Å². The summed E-state index contributed by atoms with van der Waals surface area (Å²) in [6, 6.07) is 3.23. The van der Waals surface area contributed by atoms with Crippen molar-refractivity contribution in [3.8, 4) is 11.5 Å². The zero-order chi connectivity index (χ0) is 30.5. The molecule has 0 aliphatic rings. The maximum Gasteiger partial charge on any atom is 0.514 e. The highest BCUT2D eigenvalue weighted by atomic mass is 16.8. The van der Waals surface area contributed by atoms with Gasteiger partial charge in [0.15, 0.2) is 11.5 Å². The zero-order valence-corrected chi connectivity index (χ0v) is 24.7. The van der Waals surface area contributed by atoms with Crippen molar-refractivity contribution < 1.29 is 52.3 Å².